The number of aromatic nitrogens is 3. The summed E-state index contributed by atoms with van der Waals surface area (Å²) in [5.41, 5.74) is -0.193. The highest BCUT2D eigenvalue weighted by molar-refractivity contribution is 5.87. The van der Waals surface area contributed by atoms with E-state index >= 15 is 0 Å². The van der Waals surface area contributed by atoms with Crippen molar-refractivity contribution >= 4 is 23.1 Å². The first kappa shape index (κ1) is 21.6. The van der Waals surface area contributed by atoms with Gasteiger partial charge < -0.3 is 19.9 Å². The van der Waals surface area contributed by atoms with Crippen molar-refractivity contribution in [3.05, 3.63) is 86.7 Å². The summed E-state index contributed by atoms with van der Waals surface area (Å²) >= 11 is 0. The quantitative estimate of drug-likeness (QED) is 0.317. The second-order valence-electron chi connectivity index (χ2n) is 7.23. The number of methoxy groups -OCH3 is 1. The molecule has 4 N–H and O–H groups in total. The van der Waals surface area contributed by atoms with Gasteiger partial charge in [-0.15, -0.1) is 0 Å². The van der Waals surface area contributed by atoms with Crippen LogP contribution in [0.3, 0.4) is 0 Å². The number of benzene rings is 2. The van der Waals surface area contributed by atoms with E-state index in [0.29, 0.717) is 5.75 Å². The monoisotopic (exact) mass is 448 g/mol. The summed E-state index contributed by atoms with van der Waals surface area (Å²) in [4.78, 5) is 45.7. The largest absolute Gasteiger partial charge is 0.497 e. The van der Waals surface area contributed by atoms with Gasteiger partial charge in [-0.3, -0.25) is 14.8 Å². The number of hydrogen-bond donors (Lipinski definition) is 4. The number of carbonyl (C=O) groups is 1. The SMILES string of the molecule is COc1ccc(-n2c(O)c(C=N[C@H](Cc3c[nH]c4ccccc34)C(=O)O)c(=O)[nH]c2=O)cc1. The molecule has 0 saturated heterocycles. The van der Waals surface area contributed by atoms with Crippen LogP contribution in [0, 0.1) is 0 Å². The molecule has 0 saturated carbocycles. The molecule has 0 aliphatic carbocycles. The van der Waals surface area contributed by atoms with E-state index < -0.39 is 29.1 Å². The number of aliphatic imine (C=N–C) groups is 1. The number of ether oxygens (including phenoxy) is 1. The van der Waals surface area contributed by atoms with Gasteiger partial charge in [0.05, 0.1) is 12.8 Å². The number of carboxylic acids is 1. The van der Waals surface area contributed by atoms with Crippen molar-refractivity contribution in [3.63, 3.8) is 0 Å². The Bertz CT molecular complexity index is 1460. The second kappa shape index (κ2) is 8.87. The molecular formula is C23H20N4O6. The molecule has 2 aromatic carbocycles. The number of nitrogens with zero attached hydrogens (tertiary/aromatic N) is 2. The Kier molecular flexibility index (Phi) is 5.81. The number of aliphatic carboxylic acids is 1. The Morgan fingerprint density at radius 1 is 1.18 bits per heavy atom. The third kappa shape index (κ3) is 4.26. The number of H-pyrrole nitrogens is 2. The maximum atomic E-state index is 12.3. The van der Waals surface area contributed by atoms with Gasteiger partial charge in [-0.2, -0.15) is 0 Å². The number of para-hydroxylation sites is 1. The zero-order chi connectivity index (χ0) is 23.5. The van der Waals surface area contributed by atoms with Gasteiger partial charge in [0, 0.05) is 29.7 Å². The number of carboxylic acid groups (broad SMARTS) is 1. The third-order valence-electron chi connectivity index (χ3n) is 5.21. The van der Waals surface area contributed by atoms with Gasteiger partial charge in [-0.05, 0) is 35.9 Å². The number of aromatic hydroxyl groups is 1. The highest BCUT2D eigenvalue weighted by Gasteiger charge is 2.20. The van der Waals surface area contributed by atoms with Crippen LogP contribution >= 0.6 is 0 Å². The molecule has 0 amide bonds. The molecule has 33 heavy (non-hydrogen) atoms. The predicted octanol–water partition coefficient (Wildman–Crippen LogP) is 1.84. The van der Waals surface area contributed by atoms with E-state index in [-0.39, 0.29) is 17.7 Å². The Balaban J connectivity index is 1.70. The Morgan fingerprint density at radius 3 is 2.61 bits per heavy atom. The molecule has 4 aromatic rings. The maximum absolute atomic E-state index is 12.3. The van der Waals surface area contributed by atoms with Crippen LogP contribution in [-0.2, 0) is 11.2 Å². The van der Waals surface area contributed by atoms with Crippen LogP contribution in [-0.4, -0.2) is 50.1 Å². The topological polar surface area (TPSA) is 150 Å². The molecule has 0 radical (unpaired) electrons. The standard InChI is InChI=1S/C23H20N4O6/c1-33-15-8-6-14(7-9-15)27-21(29)17(20(28)26-23(27)32)12-25-19(22(30)31)10-13-11-24-18-5-3-2-4-16(13)18/h2-9,11-12,19,24,29H,10H2,1H3,(H,30,31)(H,26,28,32)/t19-/m1/s1. The zero-order valence-corrected chi connectivity index (χ0v) is 17.5. The highest BCUT2D eigenvalue weighted by Crippen LogP contribution is 2.21. The van der Waals surface area contributed by atoms with Crippen LogP contribution in [0.5, 0.6) is 11.6 Å². The lowest BCUT2D eigenvalue weighted by Crippen LogP contribution is -2.31. The van der Waals surface area contributed by atoms with E-state index in [2.05, 4.69) is 15.0 Å². The molecule has 0 bridgehead atoms. The van der Waals surface area contributed by atoms with Crippen LogP contribution in [0.15, 0.2) is 69.3 Å². The molecule has 0 unspecified atom stereocenters. The Morgan fingerprint density at radius 2 is 1.91 bits per heavy atom. The van der Waals surface area contributed by atoms with Gasteiger partial charge in [0.1, 0.15) is 11.3 Å². The molecule has 168 valence electrons. The number of aromatic amines is 2. The lowest BCUT2D eigenvalue weighted by Gasteiger charge is -2.11. The summed E-state index contributed by atoms with van der Waals surface area (Å²) in [6, 6.07) is 12.4. The maximum Gasteiger partial charge on any atom is 0.335 e. The van der Waals surface area contributed by atoms with Gasteiger partial charge in [0.15, 0.2) is 6.04 Å². The first-order valence-corrected chi connectivity index (χ1v) is 9.92. The van der Waals surface area contributed by atoms with E-state index in [9.17, 15) is 24.6 Å². The van der Waals surface area contributed by atoms with Crippen molar-refractivity contribution in [2.75, 3.05) is 7.11 Å². The first-order valence-electron chi connectivity index (χ1n) is 9.92. The van der Waals surface area contributed by atoms with E-state index in [0.717, 1.165) is 27.2 Å². The number of nitrogens with one attached hydrogen (secondary N) is 2. The first-order chi connectivity index (χ1) is 15.9. The molecule has 10 nitrogen and oxygen atoms in total. The molecular weight excluding hydrogens is 428 g/mol. The summed E-state index contributed by atoms with van der Waals surface area (Å²) in [5, 5.41) is 21.2. The summed E-state index contributed by atoms with van der Waals surface area (Å²) in [7, 11) is 1.49. The van der Waals surface area contributed by atoms with Crippen LogP contribution < -0.4 is 16.0 Å². The average Bonchev–Trinajstić information content (AvgIpc) is 3.21. The fraction of sp³-hybridized carbons (Fsp3) is 0.130. The summed E-state index contributed by atoms with van der Waals surface area (Å²) in [6.45, 7) is 0. The molecule has 0 spiro atoms. The molecule has 2 aromatic heterocycles. The van der Waals surface area contributed by atoms with Gasteiger partial charge in [0.25, 0.3) is 5.56 Å². The van der Waals surface area contributed by atoms with E-state index in [1.54, 1.807) is 18.3 Å². The van der Waals surface area contributed by atoms with Crippen LogP contribution in [0.4, 0.5) is 0 Å². The minimum Gasteiger partial charge on any atom is -0.497 e. The van der Waals surface area contributed by atoms with Crippen molar-refractivity contribution in [1.29, 1.82) is 0 Å². The average molecular weight is 448 g/mol. The minimum absolute atomic E-state index is 0.0621. The molecule has 4 rings (SSSR count). The molecule has 10 heteroatoms. The number of hydrogen-bond acceptors (Lipinski definition) is 6. The summed E-state index contributed by atoms with van der Waals surface area (Å²) < 4.78 is 5.97. The third-order valence-corrected chi connectivity index (χ3v) is 5.21. The van der Waals surface area contributed by atoms with Crippen molar-refractivity contribution < 1.29 is 19.7 Å². The minimum atomic E-state index is -1.22. The van der Waals surface area contributed by atoms with Crippen LogP contribution in [0.1, 0.15) is 11.1 Å². The normalized spacial score (nSPS) is 12.3. The number of rotatable bonds is 7. The fourth-order valence-electron chi connectivity index (χ4n) is 3.50. The van der Waals surface area contributed by atoms with E-state index in [1.165, 1.54) is 19.2 Å². The van der Waals surface area contributed by atoms with Crippen molar-refractivity contribution in [3.8, 4) is 17.3 Å². The summed E-state index contributed by atoms with van der Waals surface area (Å²) in [6.07, 6.45) is 2.75. The Labute approximate surface area is 186 Å². The second-order valence-corrected chi connectivity index (χ2v) is 7.23. The van der Waals surface area contributed by atoms with Crippen molar-refractivity contribution in [1.82, 2.24) is 14.5 Å². The van der Waals surface area contributed by atoms with Gasteiger partial charge in [-0.25, -0.2) is 14.2 Å². The van der Waals surface area contributed by atoms with Crippen LogP contribution in [0.25, 0.3) is 16.6 Å². The van der Waals surface area contributed by atoms with Crippen molar-refractivity contribution in [2.24, 2.45) is 4.99 Å². The van der Waals surface area contributed by atoms with E-state index in [1.807, 2.05) is 24.3 Å². The molecule has 0 fully saturated rings. The lowest BCUT2D eigenvalue weighted by molar-refractivity contribution is -0.138. The molecule has 1 atom stereocenters. The van der Waals surface area contributed by atoms with Crippen molar-refractivity contribution in [2.45, 2.75) is 12.5 Å². The number of fused-ring (bicyclic) bond motifs is 1. The van der Waals surface area contributed by atoms with Crippen LogP contribution in [0.2, 0.25) is 0 Å². The van der Waals surface area contributed by atoms with E-state index in [4.69, 9.17) is 4.74 Å². The van der Waals surface area contributed by atoms with Gasteiger partial charge in [0.2, 0.25) is 5.88 Å². The fourth-order valence-corrected chi connectivity index (χ4v) is 3.50. The smallest absolute Gasteiger partial charge is 0.335 e. The van der Waals surface area contributed by atoms with Gasteiger partial charge in [-0.1, -0.05) is 18.2 Å². The zero-order valence-electron chi connectivity index (χ0n) is 17.5. The molecule has 2 heterocycles. The molecule has 0 aliphatic rings. The van der Waals surface area contributed by atoms with Gasteiger partial charge >= 0.3 is 11.7 Å². The predicted molar refractivity (Wildman–Crippen MR) is 122 cm³/mol. The summed E-state index contributed by atoms with van der Waals surface area (Å²) in [5.74, 6) is -1.32. The Hall–Kier alpha value is -4.60. The lowest BCUT2D eigenvalue weighted by atomic mass is 10.1. The molecule has 0 aliphatic heterocycles. The highest BCUT2D eigenvalue weighted by atomic mass is 16.5.